The zero-order valence-corrected chi connectivity index (χ0v) is 8.80. The Morgan fingerprint density at radius 1 is 1.25 bits per heavy atom. The average molecular weight is 219 g/mol. The highest BCUT2D eigenvalue weighted by molar-refractivity contribution is 5.93. The molecule has 1 atom stereocenters. The molecule has 0 bridgehead atoms. The molecule has 2 fully saturated rings. The SMILES string of the molecule is O=C1CC(C2CC2)ON1c1ccc(O)cc1. The van der Waals surface area contributed by atoms with E-state index in [1.807, 2.05) is 0 Å². The van der Waals surface area contributed by atoms with Gasteiger partial charge in [-0.25, -0.2) is 0 Å². The highest BCUT2D eigenvalue weighted by Gasteiger charge is 2.41. The maximum absolute atomic E-state index is 11.7. The van der Waals surface area contributed by atoms with Crippen molar-refractivity contribution in [1.29, 1.82) is 0 Å². The van der Waals surface area contributed by atoms with Gasteiger partial charge in [0.2, 0.25) is 0 Å². The van der Waals surface area contributed by atoms with Gasteiger partial charge in [0.1, 0.15) is 5.75 Å². The van der Waals surface area contributed by atoms with Gasteiger partial charge in [0.05, 0.1) is 18.2 Å². The van der Waals surface area contributed by atoms with Crippen molar-refractivity contribution in [1.82, 2.24) is 0 Å². The zero-order chi connectivity index (χ0) is 11.1. The number of anilines is 1. The van der Waals surface area contributed by atoms with Gasteiger partial charge in [-0.15, -0.1) is 0 Å². The van der Waals surface area contributed by atoms with E-state index >= 15 is 0 Å². The van der Waals surface area contributed by atoms with Crippen molar-refractivity contribution in [2.75, 3.05) is 5.06 Å². The van der Waals surface area contributed by atoms with Crippen LogP contribution in [0.25, 0.3) is 0 Å². The Hall–Kier alpha value is -1.55. The van der Waals surface area contributed by atoms with Crippen LogP contribution in [0.2, 0.25) is 0 Å². The minimum Gasteiger partial charge on any atom is -0.508 e. The van der Waals surface area contributed by atoms with Crippen molar-refractivity contribution in [3.05, 3.63) is 24.3 Å². The van der Waals surface area contributed by atoms with E-state index in [1.54, 1.807) is 24.3 Å². The Balaban J connectivity index is 1.79. The molecule has 1 aliphatic carbocycles. The molecular weight excluding hydrogens is 206 g/mol. The number of hydrogen-bond donors (Lipinski definition) is 1. The minimum atomic E-state index is 0.00240. The molecule has 1 N–H and O–H groups in total. The number of rotatable bonds is 2. The molecule has 16 heavy (non-hydrogen) atoms. The first kappa shape index (κ1) is 9.66. The van der Waals surface area contributed by atoms with Crippen LogP contribution >= 0.6 is 0 Å². The first-order valence-corrected chi connectivity index (χ1v) is 5.53. The molecule has 4 heteroatoms. The minimum absolute atomic E-state index is 0.00240. The summed E-state index contributed by atoms with van der Waals surface area (Å²) in [5.74, 6) is 0.753. The third kappa shape index (κ3) is 1.65. The van der Waals surface area contributed by atoms with Crippen LogP contribution in [-0.4, -0.2) is 17.1 Å². The van der Waals surface area contributed by atoms with Crippen molar-refractivity contribution in [3.8, 4) is 5.75 Å². The van der Waals surface area contributed by atoms with E-state index in [0.717, 1.165) is 0 Å². The molecule has 0 radical (unpaired) electrons. The van der Waals surface area contributed by atoms with Gasteiger partial charge in [-0.2, -0.15) is 5.06 Å². The summed E-state index contributed by atoms with van der Waals surface area (Å²) in [5.41, 5.74) is 0.686. The number of nitrogens with zero attached hydrogens (tertiary/aromatic N) is 1. The average Bonchev–Trinajstić information content (AvgIpc) is 3.04. The van der Waals surface area contributed by atoms with Crippen LogP contribution in [0.1, 0.15) is 19.3 Å². The van der Waals surface area contributed by atoms with Crippen molar-refractivity contribution < 1.29 is 14.7 Å². The quantitative estimate of drug-likeness (QED) is 0.825. The molecule has 1 aromatic carbocycles. The van der Waals surface area contributed by atoms with Crippen molar-refractivity contribution in [2.45, 2.75) is 25.4 Å². The normalized spacial score (nSPS) is 25.1. The van der Waals surface area contributed by atoms with Gasteiger partial charge >= 0.3 is 0 Å². The number of phenolic OH excluding ortho intramolecular Hbond substituents is 1. The van der Waals surface area contributed by atoms with Gasteiger partial charge in [0.25, 0.3) is 5.91 Å². The molecule has 1 heterocycles. The number of hydroxylamine groups is 1. The van der Waals surface area contributed by atoms with E-state index in [1.165, 1.54) is 17.9 Å². The molecular formula is C12H13NO3. The lowest BCUT2D eigenvalue weighted by atomic mass is 10.2. The molecule has 1 aromatic rings. The highest BCUT2D eigenvalue weighted by Crippen LogP contribution is 2.40. The number of benzene rings is 1. The number of carbonyl (C=O) groups excluding carboxylic acids is 1. The van der Waals surface area contributed by atoms with Gasteiger partial charge in [0, 0.05) is 0 Å². The predicted octanol–water partition coefficient (Wildman–Crippen LogP) is 1.84. The van der Waals surface area contributed by atoms with Crippen LogP contribution in [0.4, 0.5) is 5.69 Å². The Morgan fingerprint density at radius 3 is 2.56 bits per heavy atom. The van der Waals surface area contributed by atoms with Crippen LogP contribution in [0.3, 0.4) is 0 Å². The molecule has 1 saturated heterocycles. The van der Waals surface area contributed by atoms with Gasteiger partial charge in [-0.3, -0.25) is 9.63 Å². The Kier molecular flexibility index (Phi) is 2.11. The van der Waals surface area contributed by atoms with E-state index in [4.69, 9.17) is 4.84 Å². The first-order chi connectivity index (χ1) is 7.74. The van der Waals surface area contributed by atoms with E-state index in [9.17, 15) is 9.90 Å². The van der Waals surface area contributed by atoms with Gasteiger partial charge < -0.3 is 5.11 Å². The zero-order valence-electron chi connectivity index (χ0n) is 8.80. The van der Waals surface area contributed by atoms with E-state index in [0.29, 0.717) is 18.0 Å². The summed E-state index contributed by atoms with van der Waals surface area (Å²) < 4.78 is 0. The highest BCUT2D eigenvalue weighted by atomic mass is 16.7. The number of aromatic hydroxyl groups is 1. The molecule has 1 aliphatic heterocycles. The van der Waals surface area contributed by atoms with Crippen LogP contribution in [0.15, 0.2) is 24.3 Å². The Labute approximate surface area is 93.4 Å². The maximum Gasteiger partial charge on any atom is 0.253 e. The van der Waals surface area contributed by atoms with Crippen molar-refractivity contribution in [3.63, 3.8) is 0 Å². The van der Waals surface area contributed by atoms with E-state index in [2.05, 4.69) is 0 Å². The molecule has 0 spiro atoms. The van der Waals surface area contributed by atoms with Gasteiger partial charge in [0.15, 0.2) is 0 Å². The van der Waals surface area contributed by atoms with Crippen LogP contribution in [-0.2, 0) is 9.63 Å². The number of carbonyl (C=O) groups is 1. The monoisotopic (exact) mass is 219 g/mol. The summed E-state index contributed by atoms with van der Waals surface area (Å²) in [5, 5.41) is 10.5. The Bertz CT molecular complexity index is 411. The van der Waals surface area contributed by atoms with Gasteiger partial charge in [-0.1, -0.05) is 0 Å². The molecule has 0 aromatic heterocycles. The fraction of sp³-hybridized carbons (Fsp3) is 0.417. The molecule has 3 rings (SSSR count). The summed E-state index contributed by atoms with van der Waals surface area (Å²) in [7, 11) is 0. The number of amides is 1. The second-order valence-corrected chi connectivity index (χ2v) is 4.39. The predicted molar refractivity (Wildman–Crippen MR) is 57.8 cm³/mol. The second kappa shape index (κ2) is 3.49. The summed E-state index contributed by atoms with van der Waals surface area (Å²) in [4.78, 5) is 17.4. The summed E-state index contributed by atoms with van der Waals surface area (Å²) in [6.45, 7) is 0. The van der Waals surface area contributed by atoms with Gasteiger partial charge in [-0.05, 0) is 43.0 Å². The van der Waals surface area contributed by atoms with Crippen molar-refractivity contribution >= 4 is 11.6 Å². The molecule has 1 amide bonds. The molecule has 84 valence electrons. The number of hydrogen-bond acceptors (Lipinski definition) is 3. The summed E-state index contributed by atoms with van der Waals surface area (Å²) in [6, 6.07) is 6.47. The maximum atomic E-state index is 11.7. The third-order valence-electron chi connectivity index (χ3n) is 3.08. The lowest BCUT2D eigenvalue weighted by molar-refractivity contribution is -0.119. The smallest absolute Gasteiger partial charge is 0.253 e. The number of phenols is 1. The lowest BCUT2D eigenvalue weighted by Gasteiger charge is -2.16. The second-order valence-electron chi connectivity index (χ2n) is 4.39. The fourth-order valence-electron chi connectivity index (χ4n) is 2.00. The molecule has 4 nitrogen and oxygen atoms in total. The van der Waals surface area contributed by atoms with Crippen molar-refractivity contribution in [2.24, 2.45) is 5.92 Å². The van der Waals surface area contributed by atoms with E-state index in [-0.39, 0.29) is 17.8 Å². The topological polar surface area (TPSA) is 49.8 Å². The first-order valence-electron chi connectivity index (χ1n) is 5.53. The lowest BCUT2D eigenvalue weighted by Crippen LogP contribution is -2.23. The standard InChI is InChI=1S/C12H13NO3/c14-10-5-3-9(4-6-10)13-12(15)7-11(16-13)8-1-2-8/h3-6,8,11,14H,1-2,7H2. The largest absolute Gasteiger partial charge is 0.508 e. The molecule has 1 unspecified atom stereocenters. The Morgan fingerprint density at radius 2 is 1.94 bits per heavy atom. The fourth-order valence-corrected chi connectivity index (χ4v) is 2.00. The van der Waals surface area contributed by atoms with Crippen LogP contribution in [0, 0.1) is 5.92 Å². The summed E-state index contributed by atoms with van der Waals surface area (Å²) in [6.07, 6.45) is 2.87. The van der Waals surface area contributed by atoms with Crippen LogP contribution < -0.4 is 5.06 Å². The summed E-state index contributed by atoms with van der Waals surface area (Å²) >= 11 is 0. The third-order valence-corrected chi connectivity index (χ3v) is 3.08. The molecule has 2 aliphatic rings. The molecule has 1 saturated carbocycles. The van der Waals surface area contributed by atoms with E-state index < -0.39 is 0 Å². The van der Waals surface area contributed by atoms with Crippen LogP contribution in [0.5, 0.6) is 5.75 Å².